The fourth-order valence-corrected chi connectivity index (χ4v) is 2.36. The molecule has 0 aromatic heterocycles. The standard InChI is InChI=1S/C13H17NO3S2/c1-18-8-7-11(13(16)17)14-12(15)9-3-5-10(19-2)6-4-9/h3-6,11H,7-8H2,1-2H3,(H,14,15)(H,16,17)/t11-/m1/s1. The summed E-state index contributed by atoms with van der Waals surface area (Å²) in [4.78, 5) is 24.0. The Kier molecular flexibility index (Phi) is 6.80. The molecule has 1 rings (SSSR count). The molecule has 104 valence electrons. The second kappa shape index (κ2) is 8.12. The molecule has 4 nitrogen and oxygen atoms in total. The van der Waals surface area contributed by atoms with Gasteiger partial charge in [-0.05, 0) is 49.0 Å². The van der Waals surface area contributed by atoms with Crippen molar-refractivity contribution >= 4 is 35.4 Å². The summed E-state index contributed by atoms with van der Waals surface area (Å²) in [7, 11) is 0. The Morgan fingerprint density at radius 3 is 2.37 bits per heavy atom. The van der Waals surface area contributed by atoms with Gasteiger partial charge in [0.25, 0.3) is 5.91 Å². The number of amides is 1. The van der Waals surface area contributed by atoms with E-state index in [2.05, 4.69) is 5.32 Å². The van der Waals surface area contributed by atoms with Gasteiger partial charge in [-0.15, -0.1) is 11.8 Å². The molecule has 1 aromatic carbocycles. The summed E-state index contributed by atoms with van der Waals surface area (Å²) < 4.78 is 0. The van der Waals surface area contributed by atoms with Crippen LogP contribution in [0.15, 0.2) is 29.2 Å². The Morgan fingerprint density at radius 1 is 1.26 bits per heavy atom. The minimum atomic E-state index is -0.997. The summed E-state index contributed by atoms with van der Waals surface area (Å²) in [6.45, 7) is 0. The summed E-state index contributed by atoms with van der Waals surface area (Å²) >= 11 is 3.15. The van der Waals surface area contributed by atoms with E-state index in [0.717, 1.165) is 4.90 Å². The molecule has 0 saturated carbocycles. The molecule has 0 spiro atoms. The van der Waals surface area contributed by atoms with E-state index in [0.29, 0.717) is 17.7 Å². The van der Waals surface area contributed by atoms with Crippen LogP contribution in [-0.2, 0) is 4.79 Å². The minimum absolute atomic E-state index is 0.346. The Labute approximate surface area is 121 Å². The molecule has 0 saturated heterocycles. The first kappa shape index (κ1) is 15.9. The molecule has 0 unspecified atom stereocenters. The van der Waals surface area contributed by atoms with Gasteiger partial charge in [0.2, 0.25) is 0 Å². The molecule has 0 aliphatic heterocycles. The molecule has 1 atom stereocenters. The van der Waals surface area contributed by atoms with Crippen LogP contribution in [0.5, 0.6) is 0 Å². The van der Waals surface area contributed by atoms with Crippen molar-refractivity contribution in [2.45, 2.75) is 17.4 Å². The maximum Gasteiger partial charge on any atom is 0.326 e. The van der Waals surface area contributed by atoms with Crippen LogP contribution in [0.1, 0.15) is 16.8 Å². The highest BCUT2D eigenvalue weighted by Gasteiger charge is 2.19. The summed E-state index contributed by atoms with van der Waals surface area (Å²) in [5.74, 6) is -0.646. The van der Waals surface area contributed by atoms with Crippen molar-refractivity contribution in [1.29, 1.82) is 0 Å². The fraction of sp³-hybridized carbons (Fsp3) is 0.385. The topological polar surface area (TPSA) is 66.4 Å². The van der Waals surface area contributed by atoms with Gasteiger partial charge in [0.05, 0.1) is 0 Å². The predicted molar refractivity (Wildman–Crippen MR) is 80.1 cm³/mol. The third-order valence-electron chi connectivity index (χ3n) is 2.57. The highest BCUT2D eigenvalue weighted by atomic mass is 32.2. The molecular weight excluding hydrogens is 282 g/mol. The van der Waals surface area contributed by atoms with Crippen molar-refractivity contribution in [3.05, 3.63) is 29.8 Å². The number of aliphatic carboxylic acids is 1. The number of benzene rings is 1. The first-order valence-electron chi connectivity index (χ1n) is 5.75. The fourth-order valence-electron chi connectivity index (χ4n) is 1.48. The van der Waals surface area contributed by atoms with Crippen LogP contribution in [0.3, 0.4) is 0 Å². The number of thioether (sulfide) groups is 2. The van der Waals surface area contributed by atoms with E-state index in [4.69, 9.17) is 5.11 Å². The number of rotatable bonds is 7. The number of carboxylic acids is 1. The number of nitrogens with one attached hydrogen (secondary N) is 1. The molecule has 0 aliphatic carbocycles. The van der Waals surface area contributed by atoms with E-state index >= 15 is 0 Å². The Bertz CT molecular complexity index is 434. The normalized spacial score (nSPS) is 11.9. The SMILES string of the molecule is CSCC[C@@H](NC(=O)c1ccc(SC)cc1)C(=O)O. The molecule has 19 heavy (non-hydrogen) atoms. The van der Waals surface area contributed by atoms with Crippen molar-refractivity contribution in [1.82, 2.24) is 5.32 Å². The average molecular weight is 299 g/mol. The van der Waals surface area contributed by atoms with E-state index in [1.165, 1.54) is 0 Å². The van der Waals surface area contributed by atoms with Gasteiger partial charge in [-0.3, -0.25) is 4.79 Å². The second-order valence-electron chi connectivity index (χ2n) is 3.87. The molecule has 0 aliphatic rings. The van der Waals surface area contributed by atoms with Crippen molar-refractivity contribution in [2.75, 3.05) is 18.3 Å². The average Bonchev–Trinajstić information content (AvgIpc) is 2.43. The lowest BCUT2D eigenvalue weighted by Crippen LogP contribution is -2.41. The van der Waals surface area contributed by atoms with Gasteiger partial charge in [-0.25, -0.2) is 4.79 Å². The van der Waals surface area contributed by atoms with Crippen LogP contribution in [0, 0.1) is 0 Å². The molecule has 0 heterocycles. The van der Waals surface area contributed by atoms with Gasteiger partial charge < -0.3 is 10.4 Å². The molecule has 0 radical (unpaired) electrons. The maximum atomic E-state index is 11.9. The summed E-state index contributed by atoms with van der Waals surface area (Å²) in [5.41, 5.74) is 0.480. The Hall–Kier alpha value is -1.14. The van der Waals surface area contributed by atoms with Gasteiger partial charge in [-0.2, -0.15) is 11.8 Å². The number of carboxylic acid groups (broad SMARTS) is 1. The number of carbonyl (C=O) groups is 2. The third-order valence-corrected chi connectivity index (χ3v) is 3.95. The van der Waals surface area contributed by atoms with Crippen molar-refractivity contribution in [3.8, 4) is 0 Å². The van der Waals surface area contributed by atoms with E-state index in [1.54, 1.807) is 35.7 Å². The van der Waals surface area contributed by atoms with Crippen molar-refractivity contribution in [2.24, 2.45) is 0 Å². The van der Waals surface area contributed by atoms with Crippen LogP contribution in [-0.4, -0.2) is 41.3 Å². The molecule has 1 aromatic rings. The van der Waals surface area contributed by atoms with Gasteiger partial charge in [-0.1, -0.05) is 0 Å². The predicted octanol–water partition coefficient (Wildman–Crippen LogP) is 2.34. The lowest BCUT2D eigenvalue weighted by Gasteiger charge is -2.14. The quantitative estimate of drug-likeness (QED) is 0.757. The first-order chi connectivity index (χ1) is 9.08. The summed E-state index contributed by atoms with van der Waals surface area (Å²) in [6, 6.07) is 6.26. The lowest BCUT2D eigenvalue weighted by molar-refractivity contribution is -0.139. The largest absolute Gasteiger partial charge is 0.480 e. The van der Waals surface area contributed by atoms with E-state index in [-0.39, 0.29) is 5.91 Å². The summed E-state index contributed by atoms with van der Waals surface area (Å²) in [5, 5.41) is 11.6. The molecule has 2 N–H and O–H groups in total. The van der Waals surface area contributed by atoms with Gasteiger partial charge in [0, 0.05) is 10.5 Å². The highest BCUT2D eigenvalue weighted by molar-refractivity contribution is 7.98. The maximum absolute atomic E-state index is 11.9. The first-order valence-corrected chi connectivity index (χ1v) is 8.37. The molecule has 6 heteroatoms. The molecular formula is C13H17NO3S2. The van der Waals surface area contributed by atoms with E-state index < -0.39 is 12.0 Å². The summed E-state index contributed by atoms with van der Waals surface area (Å²) in [6.07, 6.45) is 4.28. The lowest BCUT2D eigenvalue weighted by atomic mass is 10.1. The molecule has 0 bridgehead atoms. The van der Waals surface area contributed by atoms with Crippen molar-refractivity contribution < 1.29 is 14.7 Å². The zero-order valence-corrected chi connectivity index (χ0v) is 12.5. The monoisotopic (exact) mass is 299 g/mol. The van der Waals surface area contributed by atoms with Crippen LogP contribution in [0.2, 0.25) is 0 Å². The van der Waals surface area contributed by atoms with Gasteiger partial charge in [0.15, 0.2) is 0 Å². The van der Waals surface area contributed by atoms with E-state index in [9.17, 15) is 9.59 Å². The van der Waals surface area contributed by atoms with Crippen LogP contribution >= 0.6 is 23.5 Å². The number of hydrogen-bond acceptors (Lipinski definition) is 4. The highest BCUT2D eigenvalue weighted by Crippen LogP contribution is 2.15. The zero-order valence-electron chi connectivity index (χ0n) is 10.9. The van der Waals surface area contributed by atoms with Crippen LogP contribution < -0.4 is 5.32 Å². The van der Waals surface area contributed by atoms with Gasteiger partial charge >= 0.3 is 5.97 Å². The molecule has 0 fully saturated rings. The Balaban J connectivity index is 2.67. The second-order valence-corrected chi connectivity index (χ2v) is 5.74. The van der Waals surface area contributed by atoms with Crippen LogP contribution in [0.25, 0.3) is 0 Å². The zero-order chi connectivity index (χ0) is 14.3. The van der Waals surface area contributed by atoms with Crippen LogP contribution in [0.4, 0.5) is 0 Å². The Morgan fingerprint density at radius 2 is 1.89 bits per heavy atom. The third kappa shape index (κ3) is 5.16. The number of hydrogen-bond donors (Lipinski definition) is 2. The van der Waals surface area contributed by atoms with Gasteiger partial charge in [0.1, 0.15) is 6.04 Å². The number of carbonyl (C=O) groups excluding carboxylic acids is 1. The van der Waals surface area contributed by atoms with E-state index in [1.807, 2.05) is 24.6 Å². The smallest absolute Gasteiger partial charge is 0.326 e. The van der Waals surface area contributed by atoms with Crippen molar-refractivity contribution in [3.63, 3.8) is 0 Å². The minimum Gasteiger partial charge on any atom is -0.480 e. The molecule has 1 amide bonds.